The number of halogens is 2. The summed E-state index contributed by atoms with van der Waals surface area (Å²) in [5, 5.41) is 37.0. The maximum atomic E-state index is 12.5. The number of hydrazone groups is 1. The van der Waals surface area contributed by atoms with Crippen LogP contribution < -0.4 is 10.7 Å². The molecule has 0 aliphatic carbocycles. The van der Waals surface area contributed by atoms with E-state index in [0.717, 1.165) is 18.0 Å². The summed E-state index contributed by atoms with van der Waals surface area (Å²) >= 11 is 12.9. The lowest BCUT2D eigenvalue weighted by Crippen LogP contribution is -2.27. The van der Waals surface area contributed by atoms with Crippen LogP contribution in [0.1, 0.15) is 18.3 Å². The van der Waals surface area contributed by atoms with E-state index >= 15 is 0 Å². The second kappa shape index (κ2) is 12.4. The van der Waals surface area contributed by atoms with E-state index in [9.17, 15) is 20.0 Å². The van der Waals surface area contributed by atoms with Crippen LogP contribution in [0.2, 0.25) is 10.0 Å². The third-order valence-corrected chi connectivity index (χ3v) is 6.26. The standard InChI is InChI=1S/C22H21Cl2N7O4S/c1-3-8-30-19(12-25-17-6-4-15(23)5-7-17)27-29-22(30)36-13(2)21(33)28-26-11-14-9-16(24)10-18(20(14)32)31(34)35/h3-7,9-11,13,25,32H,1,8,12H2,2H3,(H,28,33)/b26-11-. The number of anilines is 1. The average Bonchev–Trinajstić information content (AvgIpc) is 3.21. The predicted octanol–water partition coefficient (Wildman–Crippen LogP) is 4.63. The van der Waals surface area contributed by atoms with Gasteiger partial charge < -0.3 is 15.0 Å². The number of allylic oxidation sites excluding steroid dienone is 1. The monoisotopic (exact) mass is 549 g/mol. The summed E-state index contributed by atoms with van der Waals surface area (Å²) in [6, 6.07) is 9.55. The molecule has 0 fully saturated rings. The largest absolute Gasteiger partial charge is 0.502 e. The summed E-state index contributed by atoms with van der Waals surface area (Å²) in [7, 11) is 0. The van der Waals surface area contributed by atoms with Gasteiger partial charge in [-0.1, -0.05) is 41.0 Å². The highest BCUT2D eigenvalue weighted by atomic mass is 35.5. The second-order valence-electron chi connectivity index (χ2n) is 7.27. The zero-order valence-corrected chi connectivity index (χ0v) is 21.2. The van der Waals surface area contributed by atoms with Crippen molar-refractivity contribution in [3.8, 4) is 5.75 Å². The molecule has 0 saturated heterocycles. The van der Waals surface area contributed by atoms with Crippen LogP contribution in [0, 0.1) is 10.1 Å². The molecule has 14 heteroatoms. The molecule has 0 aliphatic heterocycles. The molecule has 0 spiro atoms. The number of thioether (sulfide) groups is 1. The van der Waals surface area contributed by atoms with Crippen LogP contribution in [0.5, 0.6) is 5.75 Å². The Morgan fingerprint density at radius 1 is 1.31 bits per heavy atom. The number of benzene rings is 2. The second-order valence-corrected chi connectivity index (χ2v) is 9.45. The van der Waals surface area contributed by atoms with Crippen molar-refractivity contribution in [1.29, 1.82) is 0 Å². The predicted molar refractivity (Wildman–Crippen MR) is 140 cm³/mol. The Balaban J connectivity index is 1.64. The summed E-state index contributed by atoms with van der Waals surface area (Å²) in [6.07, 6.45) is 2.77. The number of phenols is 1. The average molecular weight is 550 g/mol. The van der Waals surface area contributed by atoms with Crippen LogP contribution in [0.15, 0.2) is 59.3 Å². The topological polar surface area (TPSA) is 148 Å². The Morgan fingerprint density at radius 2 is 2.03 bits per heavy atom. The van der Waals surface area contributed by atoms with Crippen molar-refractivity contribution >= 4 is 58.5 Å². The highest BCUT2D eigenvalue weighted by molar-refractivity contribution is 8.00. The Bertz CT molecular complexity index is 1300. The van der Waals surface area contributed by atoms with Crippen LogP contribution in [-0.4, -0.2) is 42.2 Å². The number of nitro groups is 1. The van der Waals surface area contributed by atoms with Gasteiger partial charge in [0, 0.05) is 33.9 Å². The molecular formula is C22H21Cl2N7O4S. The van der Waals surface area contributed by atoms with E-state index in [2.05, 4.69) is 32.6 Å². The van der Waals surface area contributed by atoms with E-state index in [0.29, 0.717) is 29.1 Å². The van der Waals surface area contributed by atoms with Crippen molar-refractivity contribution in [2.45, 2.75) is 30.4 Å². The lowest BCUT2D eigenvalue weighted by Gasteiger charge is -2.12. The van der Waals surface area contributed by atoms with E-state index in [1.54, 1.807) is 25.1 Å². The van der Waals surface area contributed by atoms with Gasteiger partial charge in [0.25, 0.3) is 5.91 Å². The van der Waals surface area contributed by atoms with E-state index in [1.807, 2.05) is 16.7 Å². The van der Waals surface area contributed by atoms with Gasteiger partial charge in [0.05, 0.1) is 22.9 Å². The first-order chi connectivity index (χ1) is 17.2. The van der Waals surface area contributed by atoms with Crippen molar-refractivity contribution in [1.82, 2.24) is 20.2 Å². The lowest BCUT2D eigenvalue weighted by molar-refractivity contribution is -0.385. The molecule has 1 aromatic heterocycles. The number of hydrogen-bond acceptors (Lipinski definition) is 9. The Labute approximate surface area is 220 Å². The van der Waals surface area contributed by atoms with Gasteiger partial charge in [-0.05, 0) is 37.3 Å². The molecule has 36 heavy (non-hydrogen) atoms. The Kier molecular flexibility index (Phi) is 9.28. The first-order valence-corrected chi connectivity index (χ1v) is 12.0. The summed E-state index contributed by atoms with van der Waals surface area (Å²) in [4.78, 5) is 22.8. The molecule has 3 aromatic rings. The molecule has 188 valence electrons. The first-order valence-electron chi connectivity index (χ1n) is 10.4. The Hall–Kier alpha value is -3.61. The molecule has 0 saturated carbocycles. The number of amides is 1. The maximum Gasteiger partial charge on any atom is 0.312 e. The fraction of sp³-hybridized carbons (Fsp3) is 0.182. The number of rotatable bonds is 11. The lowest BCUT2D eigenvalue weighted by atomic mass is 10.2. The van der Waals surface area contributed by atoms with Crippen molar-refractivity contribution in [2.75, 3.05) is 5.32 Å². The van der Waals surface area contributed by atoms with Crippen molar-refractivity contribution in [2.24, 2.45) is 5.10 Å². The summed E-state index contributed by atoms with van der Waals surface area (Å²) in [5.41, 5.74) is 2.62. The zero-order chi connectivity index (χ0) is 26.2. The third kappa shape index (κ3) is 6.97. The number of hydrogen-bond donors (Lipinski definition) is 3. The maximum absolute atomic E-state index is 12.5. The minimum atomic E-state index is -0.769. The molecule has 3 N–H and O–H groups in total. The van der Waals surface area contributed by atoms with Gasteiger partial charge in [-0.2, -0.15) is 5.10 Å². The van der Waals surface area contributed by atoms with E-state index in [4.69, 9.17) is 23.2 Å². The zero-order valence-electron chi connectivity index (χ0n) is 18.9. The number of aromatic hydroxyl groups is 1. The number of nitro benzene ring substituents is 1. The summed E-state index contributed by atoms with van der Waals surface area (Å²) < 4.78 is 1.83. The minimum absolute atomic E-state index is 0.0154. The number of carbonyl (C=O) groups is 1. The van der Waals surface area contributed by atoms with Gasteiger partial charge >= 0.3 is 5.69 Å². The van der Waals surface area contributed by atoms with Crippen molar-refractivity contribution in [3.05, 3.63) is 80.6 Å². The van der Waals surface area contributed by atoms with Crippen LogP contribution in [-0.2, 0) is 17.9 Å². The van der Waals surface area contributed by atoms with Gasteiger partial charge in [0.2, 0.25) is 5.75 Å². The van der Waals surface area contributed by atoms with Gasteiger partial charge in [-0.3, -0.25) is 14.9 Å². The summed E-state index contributed by atoms with van der Waals surface area (Å²) in [6.45, 7) is 6.26. The molecule has 0 radical (unpaired) electrons. The smallest absolute Gasteiger partial charge is 0.312 e. The SMILES string of the molecule is C=CCn1c(CNc2ccc(Cl)cc2)nnc1SC(C)C(=O)N/N=C\c1cc(Cl)cc([N+](=O)[O-])c1O. The molecule has 0 bridgehead atoms. The minimum Gasteiger partial charge on any atom is -0.502 e. The first kappa shape index (κ1) is 27.0. The van der Waals surface area contributed by atoms with Crippen LogP contribution in [0.4, 0.5) is 11.4 Å². The number of carbonyl (C=O) groups excluding carboxylic acids is 1. The summed E-state index contributed by atoms with van der Waals surface area (Å²) in [5.74, 6) is -0.417. The number of aromatic nitrogens is 3. The molecule has 11 nitrogen and oxygen atoms in total. The molecule has 0 aliphatic rings. The number of phenolic OH excluding ortho intramolecular Hbond substituents is 1. The van der Waals surface area contributed by atoms with Gasteiger partial charge in [-0.25, -0.2) is 5.43 Å². The Morgan fingerprint density at radius 3 is 2.69 bits per heavy atom. The van der Waals surface area contributed by atoms with Crippen molar-refractivity contribution < 1.29 is 14.8 Å². The van der Waals surface area contributed by atoms with Gasteiger partial charge in [-0.15, -0.1) is 16.8 Å². The highest BCUT2D eigenvalue weighted by Gasteiger charge is 2.20. The number of nitrogens with one attached hydrogen (secondary N) is 2. The highest BCUT2D eigenvalue weighted by Crippen LogP contribution is 2.32. The molecule has 3 rings (SSSR count). The molecule has 2 aromatic carbocycles. The quantitative estimate of drug-likeness (QED) is 0.103. The van der Waals surface area contributed by atoms with E-state index in [-0.39, 0.29) is 10.6 Å². The molecule has 1 heterocycles. The van der Waals surface area contributed by atoms with Crippen LogP contribution >= 0.6 is 35.0 Å². The van der Waals surface area contributed by atoms with Gasteiger partial charge in [0.1, 0.15) is 0 Å². The number of nitrogens with zero attached hydrogens (tertiary/aromatic N) is 5. The molecule has 1 unspecified atom stereocenters. The normalized spacial score (nSPS) is 11.9. The van der Waals surface area contributed by atoms with E-state index in [1.165, 1.54) is 17.8 Å². The van der Waals surface area contributed by atoms with E-state index < -0.39 is 27.5 Å². The molecular weight excluding hydrogens is 529 g/mol. The van der Waals surface area contributed by atoms with Crippen LogP contribution in [0.3, 0.4) is 0 Å². The van der Waals surface area contributed by atoms with Crippen LogP contribution in [0.25, 0.3) is 0 Å². The molecule has 1 atom stereocenters. The fourth-order valence-corrected chi connectivity index (χ4v) is 4.13. The third-order valence-electron chi connectivity index (χ3n) is 4.71. The van der Waals surface area contributed by atoms with Crippen molar-refractivity contribution in [3.63, 3.8) is 0 Å². The molecule has 1 amide bonds. The van der Waals surface area contributed by atoms with Gasteiger partial charge in [0.15, 0.2) is 11.0 Å². The fourth-order valence-electron chi connectivity index (χ4n) is 2.91.